The summed E-state index contributed by atoms with van der Waals surface area (Å²) >= 11 is 0. The van der Waals surface area contributed by atoms with Crippen molar-refractivity contribution in [3.05, 3.63) is 59.4 Å². The van der Waals surface area contributed by atoms with Crippen LogP contribution in [0.15, 0.2) is 42.6 Å². The lowest BCUT2D eigenvalue weighted by molar-refractivity contribution is 0.233. The van der Waals surface area contributed by atoms with Crippen LogP contribution >= 0.6 is 0 Å². The Kier molecular flexibility index (Phi) is 3.22. The van der Waals surface area contributed by atoms with Crippen LogP contribution in [0.5, 0.6) is 0 Å². The number of rotatable bonds is 3. The Balaban J connectivity index is 1.78. The average Bonchev–Trinajstić information content (AvgIpc) is 2.82. The summed E-state index contributed by atoms with van der Waals surface area (Å²) in [5.74, 6) is 0. The maximum absolute atomic E-state index is 5.85. The van der Waals surface area contributed by atoms with E-state index >= 15 is 0 Å². The summed E-state index contributed by atoms with van der Waals surface area (Å²) in [7, 11) is 2.17. The smallest absolute Gasteiger partial charge is 0.0544 e. The van der Waals surface area contributed by atoms with Crippen LogP contribution in [-0.4, -0.2) is 16.9 Å². The van der Waals surface area contributed by atoms with Gasteiger partial charge in [0.15, 0.2) is 0 Å². The SMILES string of the molecule is CN(Cc1ccccn1)C1CCc2cc(N)ccc21. The van der Waals surface area contributed by atoms with Gasteiger partial charge in [0.25, 0.3) is 0 Å². The quantitative estimate of drug-likeness (QED) is 0.855. The van der Waals surface area contributed by atoms with E-state index in [0.29, 0.717) is 6.04 Å². The highest BCUT2D eigenvalue weighted by Crippen LogP contribution is 2.36. The summed E-state index contributed by atoms with van der Waals surface area (Å²) in [6, 6.07) is 12.9. The first-order valence-corrected chi connectivity index (χ1v) is 6.72. The molecule has 2 aromatic rings. The molecule has 1 aliphatic rings. The third-order valence-corrected chi connectivity index (χ3v) is 3.88. The van der Waals surface area contributed by atoms with E-state index in [4.69, 9.17) is 5.73 Å². The fourth-order valence-electron chi connectivity index (χ4n) is 2.93. The highest BCUT2D eigenvalue weighted by molar-refractivity contribution is 5.47. The maximum Gasteiger partial charge on any atom is 0.0544 e. The highest BCUT2D eigenvalue weighted by Gasteiger charge is 2.25. The van der Waals surface area contributed by atoms with Gasteiger partial charge in [-0.25, -0.2) is 0 Å². The Morgan fingerprint density at radius 2 is 2.21 bits per heavy atom. The van der Waals surface area contributed by atoms with Crippen LogP contribution in [0.4, 0.5) is 5.69 Å². The van der Waals surface area contributed by atoms with E-state index in [1.165, 1.54) is 17.5 Å². The molecule has 0 fully saturated rings. The molecule has 3 nitrogen and oxygen atoms in total. The normalized spacial score (nSPS) is 17.7. The van der Waals surface area contributed by atoms with Gasteiger partial charge in [0.1, 0.15) is 0 Å². The molecule has 1 aromatic carbocycles. The minimum atomic E-state index is 0.484. The summed E-state index contributed by atoms with van der Waals surface area (Å²) in [4.78, 5) is 6.78. The van der Waals surface area contributed by atoms with Crippen molar-refractivity contribution < 1.29 is 0 Å². The molecular formula is C16H19N3. The zero-order chi connectivity index (χ0) is 13.2. The molecule has 0 spiro atoms. The first-order chi connectivity index (χ1) is 9.24. The van der Waals surface area contributed by atoms with E-state index < -0.39 is 0 Å². The van der Waals surface area contributed by atoms with Gasteiger partial charge in [-0.1, -0.05) is 12.1 Å². The molecule has 1 aliphatic carbocycles. The van der Waals surface area contributed by atoms with Crippen molar-refractivity contribution in [1.29, 1.82) is 0 Å². The molecule has 0 saturated heterocycles. The Labute approximate surface area is 114 Å². The van der Waals surface area contributed by atoms with Gasteiger partial charge < -0.3 is 5.73 Å². The van der Waals surface area contributed by atoms with Gasteiger partial charge in [0.05, 0.1) is 5.69 Å². The van der Waals surface area contributed by atoms with Crippen LogP contribution in [0.3, 0.4) is 0 Å². The molecule has 1 unspecified atom stereocenters. The number of aromatic nitrogens is 1. The van der Waals surface area contributed by atoms with Crippen LogP contribution in [-0.2, 0) is 13.0 Å². The van der Waals surface area contributed by atoms with Gasteiger partial charge in [-0.15, -0.1) is 0 Å². The second-order valence-corrected chi connectivity index (χ2v) is 5.25. The van der Waals surface area contributed by atoms with E-state index in [-0.39, 0.29) is 0 Å². The van der Waals surface area contributed by atoms with Crippen molar-refractivity contribution in [2.75, 3.05) is 12.8 Å². The molecule has 0 amide bonds. The average molecular weight is 253 g/mol. The zero-order valence-electron chi connectivity index (χ0n) is 11.2. The van der Waals surface area contributed by atoms with Gasteiger partial charge >= 0.3 is 0 Å². The summed E-state index contributed by atoms with van der Waals surface area (Å²) in [5.41, 5.74) is 10.7. The van der Waals surface area contributed by atoms with Crippen LogP contribution < -0.4 is 5.73 Å². The molecule has 0 aliphatic heterocycles. The molecule has 98 valence electrons. The van der Waals surface area contributed by atoms with E-state index in [1.54, 1.807) is 0 Å². The Morgan fingerprint density at radius 1 is 1.32 bits per heavy atom. The predicted molar refractivity (Wildman–Crippen MR) is 77.6 cm³/mol. The highest BCUT2D eigenvalue weighted by atomic mass is 15.1. The van der Waals surface area contributed by atoms with Gasteiger partial charge in [-0.2, -0.15) is 0 Å². The zero-order valence-corrected chi connectivity index (χ0v) is 11.2. The van der Waals surface area contributed by atoms with Gasteiger partial charge in [0, 0.05) is 24.5 Å². The number of pyridine rings is 1. The van der Waals surface area contributed by atoms with E-state index in [1.807, 2.05) is 24.4 Å². The Hall–Kier alpha value is -1.87. The Morgan fingerprint density at radius 3 is 3.00 bits per heavy atom. The number of nitrogens with zero attached hydrogens (tertiary/aromatic N) is 2. The summed E-state index contributed by atoms with van der Waals surface area (Å²) in [6.45, 7) is 0.884. The molecule has 0 radical (unpaired) electrons. The summed E-state index contributed by atoms with van der Waals surface area (Å²) < 4.78 is 0. The maximum atomic E-state index is 5.85. The Bertz CT molecular complexity index is 565. The lowest BCUT2D eigenvalue weighted by atomic mass is 10.1. The third-order valence-electron chi connectivity index (χ3n) is 3.88. The molecule has 3 heteroatoms. The van der Waals surface area contributed by atoms with Gasteiger partial charge in [0.2, 0.25) is 0 Å². The number of anilines is 1. The second kappa shape index (κ2) is 5.02. The number of aryl methyl sites for hydroxylation is 1. The first kappa shape index (κ1) is 12.2. The number of fused-ring (bicyclic) bond motifs is 1. The van der Waals surface area contributed by atoms with Crippen LogP contribution in [0, 0.1) is 0 Å². The molecule has 19 heavy (non-hydrogen) atoms. The fraction of sp³-hybridized carbons (Fsp3) is 0.312. The molecule has 3 rings (SSSR count). The minimum Gasteiger partial charge on any atom is -0.399 e. The van der Waals surface area contributed by atoms with E-state index in [2.05, 4.69) is 35.1 Å². The molecule has 0 bridgehead atoms. The van der Waals surface area contributed by atoms with Crippen LogP contribution in [0.25, 0.3) is 0 Å². The van der Waals surface area contributed by atoms with Crippen LogP contribution in [0.1, 0.15) is 29.3 Å². The third kappa shape index (κ3) is 2.47. The van der Waals surface area contributed by atoms with Crippen molar-refractivity contribution in [3.63, 3.8) is 0 Å². The van der Waals surface area contributed by atoms with Gasteiger partial charge in [-0.05, 0) is 55.3 Å². The van der Waals surface area contributed by atoms with E-state index in [9.17, 15) is 0 Å². The largest absolute Gasteiger partial charge is 0.399 e. The lowest BCUT2D eigenvalue weighted by Crippen LogP contribution is -2.22. The van der Waals surface area contributed by atoms with E-state index in [0.717, 1.165) is 24.3 Å². The minimum absolute atomic E-state index is 0.484. The second-order valence-electron chi connectivity index (χ2n) is 5.25. The van der Waals surface area contributed by atoms with Gasteiger partial charge in [-0.3, -0.25) is 9.88 Å². The van der Waals surface area contributed by atoms with Crippen molar-refractivity contribution in [2.45, 2.75) is 25.4 Å². The summed E-state index contributed by atoms with van der Waals surface area (Å²) in [6.07, 6.45) is 4.15. The summed E-state index contributed by atoms with van der Waals surface area (Å²) in [5, 5.41) is 0. The van der Waals surface area contributed by atoms with Crippen molar-refractivity contribution in [1.82, 2.24) is 9.88 Å². The molecule has 1 heterocycles. The predicted octanol–water partition coefficient (Wildman–Crippen LogP) is 2.78. The molecule has 2 N–H and O–H groups in total. The van der Waals surface area contributed by atoms with Crippen molar-refractivity contribution >= 4 is 5.69 Å². The van der Waals surface area contributed by atoms with Crippen LogP contribution in [0.2, 0.25) is 0 Å². The molecule has 1 aromatic heterocycles. The number of nitrogen functional groups attached to an aromatic ring is 1. The topological polar surface area (TPSA) is 42.2 Å². The monoisotopic (exact) mass is 253 g/mol. The molecule has 1 atom stereocenters. The first-order valence-electron chi connectivity index (χ1n) is 6.72. The molecule has 0 saturated carbocycles. The van der Waals surface area contributed by atoms with Crippen molar-refractivity contribution in [3.8, 4) is 0 Å². The number of hydrogen-bond acceptors (Lipinski definition) is 3. The standard InChI is InChI=1S/C16H19N3/c1-19(11-14-4-2-3-9-18-14)16-8-5-12-10-13(17)6-7-15(12)16/h2-4,6-7,9-10,16H,5,8,11,17H2,1H3. The number of nitrogens with two attached hydrogens (primary N) is 1. The van der Waals surface area contributed by atoms with Crippen molar-refractivity contribution in [2.24, 2.45) is 0 Å². The lowest BCUT2D eigenvalue weighted by Gasteiger charge is -2.24. The number of benzene rings is 1. The number of hydrogen-bond donors (Lipinski definition) is 1. The molecular weight excluding hydrogens is 234 g/mol. The fourth-order valence-corrected chi connectivity index (χ4v) is 2.93.